The van der Waals surface area contributed by atoms with Gasteiger partial charge in [0.05, 0.1) is 20.2 Å². The molecule has 0 saturated carbocycles. The molecule has 0 aliphatic carbocycles. The maximum atomic E-state index is 9.87. The molecule has 1 atom stereocenters. The zero-order chi connectivity index (χ0) is 13.4. The summed E-state index contributed by atoms with van der Waals surface area (Å²) in [4.78, 5) is 1.38. The molecule has 1 aromatic carbocycles. The molecule has 4 nitrogen and oxygen atoms in total. The van der Waals surface area contributed by atoms with Crippen LogP contribution in [0.3, 0.4) is 0 Å². The van der Waals surface area contributed by atoms with Crippen molar-refractivity contribution in [2.75, 3.05) is 33.4 Å². The van der Waals surface area contributed by atoms with E-state index in [-0.39, 0.29) is 0 Å². The number of quaternary nitrogens is 1. The Bertz CT molecular complexity index is 322. The van der Waals surface area contributed by atoms with Gasteiger partial charge in [0.15, 0.2) is 0 Å². The predicted molar refractivity (Wildman–Crippen MR) is 71.4 cm³/mol. The Balaban J connectivity index is 2.34. The van der Waals surface area contributed by atoms with Gasteiger partial charge in [-0.25, -0.2) is 0 Å². The van der Waals surface area contributed by atoms with Crippen LogP contribution in [0.25, 0.3) is 0 Å². The number of hydrogen-bond donors (Lipinski definition) is 2. The van der Waals surface area contributed by atoms with Crippen LogP contribution in [-0.4, -0.2) is 44.6 Å². The highest BCUT2D eigenvalue weighted by Gasteiger charge is 2.12. The number of benzene rings is 1. The number of methoxy groups -OCH3 is 1. The van der Waals surface area contributed by atoms with Crippen LogP contribution in [0.4, 0.5) is 0 Å². The third-order valence-electron chi connectivity index (χ3n) is 3.03. The summed E-state index contributed by atoms with van der Waals surface area (Å²) in [5.41, 5.74) is 0. The first kappa shape index (κ1) is 14.8. The summed E-state index contributed by atoms with van der Waals surface area (Å²) in [6.07, 6.45) is -0.429. The van der Waals surface area contributed by atoms with Gasteiger partial charge in [-0.1, -0.05) is 0 Å². The molecule has 4 heteroatoms. The number of likely N-dealkylation sites (N-methyl/N-ethyl adjacent to an activating group) is 1. The van der Waals surface area contributed by atoms with Crippen molar-refractivity contribution in [1.29, 1.82) is 0 Å². The molecule has 0 aliphatic heterocycles. The first-order valence-electron chi connectivity index (χ1n) is 6.48. The molecule has 0 radical (unpaired) electrons. The van der Waals surface area contributed by atoms with Gasteiger partial charge in [0.25, 0.3) is 0 Å². The number of aliphatic hydroxyl groups is 1. The Kier molecular flexibility index (Phi) is 6.54. The van der Waals surface area contributed by atoms with Gasteiger partial charge in [0.2, 0.25) is 0 Å². The minimum Gasteiger partial charge on any atom is -0.497 e. The maximum Gasteiger partial charge on any atom is 0.137 e. The molecule has 1 unspecified atom stereocenters. The lowest BCUT2D eigenvalue weighted by Gasteiger charge is -2.19. The van der Waals surface area contributed by atoms with Crippen molar-refractivity contribution in [2.24, 2.45) is 0 Å². The minimum absolute atomic E-state index is 0.329. The van der Waals surface area contributed by atoms with E-state index in [1.54, 1.807) is 7.11 Å². The van der Waals surface area contributed by atoms with Crippen molar-refractivity contribution < 1.29 is 19.5 Å². The van der Waals surface area contributed by atoms with Crippen molar-refractivity contribution in [2.45, 2.75) is 20.0 Å². The summed E-state index contributed by atoms with van der Waals surface area (Å²) in [7, 11) is 1.63. The van der Waals surface area contributed by atoms with Crippen LogP contribution >= 0.6 is 0 Å². The smallest absolute Gasteiger partial charge is 0.137 e. The van der Waals surface area contributed by atoms with Gasteiger partial charge in [-0.05, 0) is 38.1 Å². The molecule has 0 fully saturated rings. The molecule has 0 heterocycles. The van der Waals surface area contributed by atoms with E-state index in [1.165, 1.54) is 4.90 Å². The second-order valence-electron chi connectivity index (χ2n) is 4.30. The summed E-state index contributed by atoms with van der Waals surface area (Å²) >= 11 is 0. The summed E-state index contributed by atoms with van der Waals surface area (Å²) in [6.45, 7) is 7.34. The lowest BCUT2D eigenvalue weighted by molar-refractivity contribution is -0.899. The minimum atomic E-state index is -0.429. The Labute approximate surface area is 109 Å². The lowest BCUT2D eigenvalue weighted by Crippen LogP contribution is -3.12. The molecule has 2 N–H and O–H groups in total. The van der Waals surface area contributed by atoms with Crippen LogP contribution < -0.4 is 14.4 Å². The molecule has 1 rings (SSSR count). The molecule has 0 spiro atoms. The molecule has 0 bridgehead atoms. The molecule has 0 amide bonds. The standard InChI is InChI=1S/C14H23NO3/c1-4-15(5-2)10-12(16)11-18-14-8-6-13(17-3)7-9-14/h6-9,12,16H,4-5,10-11H2,1-3H3/p+1. The van der Waals surface area contributed by atoms with Crippen molar-refractivity contribution in [3.05, 3.63) is 24.3 Å². The predicted octanol–water partition coefficient (Wildman–Crippen LogP) is 0.360. The largest absolute Gasteiger partial charge is 0.497 e. The third kappa shape index (κ3) is 4.94. The summed E-state index contributed by atoms with van der Waals surface area (Å²) in [5, 5.41) is 9.87. The summed E-state index contributed by atoms with van der Waals surface area (Å²) in [6, 6.07) is 7.38. The van der Waals surface area contributed by atoms with Gasteiger partial charge in [-0.3, -0.25) is 0 Å². The summed E-state index contributed by atoms with van der Waals surface area (Å²) in [5.74, 6) is 1.56. The van der Waals surface area contributed by atoms with Gasteiger partial charge in [0.1, 0.15) is 30.8 Å². The van der Waals surface area contributed by atoms with Gasteiger partial charge < -0.3 is 19.5 Å². The molecule has 1 aromatic rings. The van der Waals surface area contributed by atoms with Crippen molar-refractivity contribution >= 4 is 0 Å². The number of rotatable bonds is 8. The fourth-order valence-electron chi connectivity index (χ4n) is 1.80. The second-order valence-corrected chi connectivity index (χ2v) is 4.30. The van der Waals surface area contributed by atoms with Crippen molar-refractivity contribution in [3.63, 3.8) is 0 Å². The average Bonchev–Trinajstić information content (AvgIpc) is 2.43. The number of aliphatic hydroxyl groups excluding tert-OH is 1. The van der Waals surface area contributed by atoms with E-state index in [4.69, 9.17) is 9.47 Å². The second kappa shape index (κ2) is 7.95. The molecule has 18 heavy (non-hydrogen) atoms. The van der Waals surface area contributed by atoms with Crippen molar-refractivity contribution in [3.8, 4) is 11.5 Å². The van der Waals surface area contributed by atoms with E-state index in [2.05, 4.69) is 13.8 Å². The zero-order valence-electron chi connectivity index (χ0n) is 11.5. The van der Waals surface area contributed by atoms with E-state index in [0.717, 1.165) is 31.1 Å². The highest BCUT2D eigenvalue weighted by atomic mass is 16.5. The monoisotopic (exact) mass is 254 g/mol. The highest BCUT2D eigenvalue weighted by Crippen LogP contribution is 2.16. The highest BCUT2D eigenvalue weighted by molar-refractivity contribution is 5.31. The van der Waals surface area contributed by atoms with Crippen molar-refractivity contribution in [1.82, 2.24) is 0 Å². The third-order valence-corrected chi connectivity index (χ3v) is 3.03. The SMILES string of the molecule is CC[NH+](CC)CC(O)COc1ccc(OC)cc1. The molecule has 0 aromatic heterocycles. The van der Waals surface area contributed by atoms with Gasteiger partial charge >= 0.3 is 0 Å². The Morgan fingerprint density at radius 2 is 1.67 bits per heavy atom. The lowest BCUT2D eigenvalue weighted by atomic mass is 10.3. The average molecular weight is 254 g/mol. The van der Waals surface area contributed by atoms with Gasteiger partial charge in [-0.15, -0.1) is 0 Å². The molecule has 0 saturated heterocycles. The van der Waals surface area contributed by atoms with E-state index in [0.29, 0.717) is 6.61 Å². The fraction of sp³-hybridized carbons (Fsp3) is 0.571. The van der Waals surface area contributed by atoms with Gasteiger partial charge in [-0.2, -0.15) is 0 Å². The topological polar surface area (TPSA) is 43.1 Å². The van der Waals surface area contributed by atoms with E-state index in [1.807, 2.05) is 24.3 Å². The first-order chi connectivity index (χ1) is 8.69. The van der Waals surface area contributed by atoms with Gasteiger partial charge in [0, 0.05) is 0 Å². The number of nitrogens with one attached hydrogen (secondary N) is 1. The normalized spacial score (nSPS) is 12.5. The molecular weight excluding hydrogens is 230 g/mol. The van der Waals surface area contributed by atoms with E-state index >= 15 is 0 Å². The summed E-state index contributed by atoms with van der Waals surface area (Å²) < 4.78 is 10.6. The number of ether oxygens (including phenoxy) is 2. The van der Waals surface area contributed by atoms with E-state index < -0.39 is 6.10 Å². The van der Waals surface area contributed by atoms with Crippen LogP contribution in [0.2, 0.25) is 0 Å². The first-order valence-corrected chi connectivity index (χ1v) is 6.48. The maximum absolute atomic E-state index is 9.87. The van der Waals surface area contributed by atoms with Crippen LogP contribution in [0.5, 0.6) is 11.5 Å². The van der Waals surface area contributed by atoms with Crippen LogP contribution in [0, 0.1) is 0 Å². The Hall–Kier alpha value is -1.26. The fourth-order valence-corrected chi connectivity index (χ4v) is 1.80. The quantitative estimate of drug-likeness (QED) is 0.704. The molecule has 102 valence electrons. The zero-order valence-corrected chi connectivity index (χ0v) is 11.5. The Morgan fingerprint density at radius 3 is 2.17 bits per heavy atom. The molecular formula is C14H24NO3+. The molecule has 0 aliphatic rings. The van der Waals surface area contributed by atoms with Crippen LogP contribution in [0.15, 0.2) is 24.3 Å². The Morgan fingerprint density at radius 1 is 1.11 bits per heavy atom. The van der Waals surface area contributed by atoms with E-state index in [9.17, 15) is 5.11 Å². The van der Waals surface area contributed by atoms with Crippen LogP contribution in [-0.2, 0) is 0 Å². The van der Waals surface area contributed by atoms with Crippen LogP contribution in [0.1, 0.15) is 13.8 Å². The number of hydrogen-bond acceptors (Lipinski definition) is 3.